The first-order valence-corrected chi connectivity index (χ1v) is 10.8. The van der Waals surface area contributed by atoms with Crippen LogP contribution >= 0.6 is 24.0 Å². The third-order valence-electron chi connectivity index (χ3n) is 6.47. The lowest BCUT2D eigenvalue weighted by atomic mass is 9.79. The summed E-state index contributed by atoms with van der Waals surface area (Å²) in [5, 5.41) is 6.52. The van der Waals surface area contributed by atoms with Crippen LogP contribution in [-0.4, -0.2) is 98.1 Å². The number of likely N-dealkylation sites (tertiary alicyclic amines) is 1. The molecule has 0 aromatic carbocycles. The number of hydrogen-bond donors (Lipinski definition) is 2. The molecule has 3 fully saturated rings. The Balaban J connectivity index is 0.00000280. The summed E-state index contributed by atoms with van der Waals surface area (Å²) < 4.78 is 0. The van der Waals surface area contributed by atoms with Crippen molar-refractivity contribution in [3.05, 3.63) is 0 Å². The molecule has 1 amide bonds. The quantitative estimate of drug-likeness (QED) is 0.334. The van der Waals surface area contributed by atoms with Crippen molar-refractivity contribution in [3.63, 3.8) is 0 Å². The van der Waals surface area contributed by atoms with Crippen LogP contribution < -0.4 is 10.6 Å². The SMILES string of the molecule is CCNC(=NCC(C)N1CCN(CC)CC1)N1CCCC2(CNC(=O)C2)C1.I. The number of amides is 1. The first kappa shape index (κ1) is 23.7. The van der Waals surface area contributed by atoms with Crippen LogP contribution in [0.1, 0.15) is 40.0 Å². The van der Waals surface area contributed by atoms with Gasteiger partial charge in [0, 0.05) is 70.2 Å². The van der Waals surface area contributed by atoms with Crippen molar-refractivity contribution >= 4 is 35.8 Å². The van der Waals surface area contributed by atoms with Gasteiger partial charge in [-0.3, -0.25) is 14.7 Å². The van der Waals surface area contributed by atoms with E-state index in [1.807, 2.05) is 0 Å². The fraction of sp³-hybridized carbons (Fsp3) is 0.900. The second-order valence-corrected chi connectivity index (χ2v) is 8.49. The third-order valence-corrected chi connectivity index (χ3v) is 6.47. The molecule has 28 heavy (non-hydrogen) atoms. The summed E-state index contributed by atoms with van der Waals surface area (Å²) in [6.07, 6.45) is 2.94. The molecule has 0 bridgehead atoms. The van der Waals surface area contributed by atoms with Gasteiger partial charge in [0.2, 0.25) is 5.91 Å². The minimum absolute atomic E-state index is 0. The summed E-state index contributed by atoms with van der Waals surface area (Å²) in [5.41, 5.74) is 0.105. The van der Waals surface area contributed by atoms with Gasteiger partial charge < -0.3 is 20.4 Å². The molecule has 1 spiro atoms. The predicted molar refractivity (Wildman–Crippen MR) is 125 cm³/mol. The average molecular weight is 506 g/mol. The summed E-state index contributed by atoms with van der Waals surface area (Å²) in [7, 11) is 0. The molecule has 0 aromatic rings. The molecule has 3 aliphatic rings. The topological polar surface area (TPSA) is 63.2 Å². The normalized spacial score (nSPS) is 28.2. The fourth-order valence-corrected chi connectivity index (χ4v) is 4.71. The Morgan fingerprint density at radius 3 is 2.61 bits per heavy atom. The number of halogens is 1. The zero-order chi connectivity index (χ0) is 19.3. The highest BCUT2D eigenvalue weighted by atomic mass is 127. The van der Waals surface area contributed by atoms with Crippen molar-refractivity contribution in [3.8, 4) is 0 Å². The van der Waals surface area contributed by atoms with Crippen molar-refractivity contribution in [2.75, 3.05) is 65.4 Å². The summed E-state index contributed by atoms with van der Waals surface area (Å²) >= 11 is 0. The van der Waals surface area contributed by atoms with E-state index in [-0.39, 0.29) is 35.3 Å². The number of rotatable bonds is 5. The molecule has 0 aliphatic carbocycles. The smallest absolute Gasteiger partial charge is 0.220 e. The van der Waals surface area contributed by atoms with Crippen LogP contribution in [0.25, 0.3) is 0 Å². The Hall–Kier alpha value is -0.610. The predicted octanol–water partition coefficient (Wildman–Crippen LogP) is 1.20. The number of piperidine rings is 1. The van der Waals surface area contributed by atoms with Gasteiger partial charge in [0.05, 0.1) is 6.54 Å². The summed E-state index contributed by atoms with van der Waals surface area (Å²) in [6.45, 7) is 16.9. The van der Waals surface area contributed by atoms with Gasteiger partial charge in [-0.2, -0.15) is 0 Å². The van der Waals surface area contributed by atoms with Gasteiger partial charge in [-0.15, -0.1) is 24.0 Å². The van der Waals surface area contributed by atoms with E-state index in [0.29, 0.717) is 12.5 Å². The van der Waals surface area contributed by atoms with Gasteiger partial charge in [0.1, 0.15) is 0 Å². The molecule has 2 N–H and O–H groups in total. The van der Waals surface area contributed by atoms with Gasteiger partial charge in [0.25, 0.3) is 0 Å². The van der Waals surface area contributed by atoms with E-state index in [9.17, 15) is 4.79 Å². The Bertz CT molecular complexity index is 537. The first-order chi connectivity index (χ1) is 13.0. The maximum Gasteiger partial charge on any atom is 0.220 e. The van der Waals surface area contributed by atoms with E-state index in [1.165, 1.54) is 13.1 Å². The van der Waals surface area contributed by atoms with E-state index < -0.39 is 0 Å². The molecule has 3 heterocycles. The molecule has 3 saturated heterocycles. The highest BCUT2D eigenvalue weighted by Crippen LogP contribution is 2.36. The number of carbonyl (C=O) groups is 1. The third kappa shape index (κ3) is 5.95. The lowest BCUT2D eigenvalue weighted by molar-refractivity contribution is -0.119. The van der Waals surface area contributed by atoms with Crippen LogP contribution in [-0.2, 0) is 4.79 Å². The van der Waals surface area contributed by atoms with Crippen LogP contribution in [0.4, 0.5) is 0 Å². The van der Waals surface area contributed by atoms with Crippen molar-refractivity contribution in [2.24, 2.45) is 10.4 Å². The maximum absolute atomic E-state index is 11.8. The molecule has 3 aliphatic heterocycles. The molecular weight excluding hydrogens is 467 g/mol. The van der Waals surface area contributed by atoms with Crippen LogP contribution in [0, 0.1) is 5.41 Å². The molecular formula is C20H39IN6O. The number of nitrogens with zero attached hydrogens (tertiary/aromatic N) is 4. The lowest BCUT2D eigenvalue weighted by Crippen LogP contribution is -2.52. The maximum atomic E-state index is 11.8. The summed E-state index contributed by atoms with van der Waals surface area (Å²) in [6, 6.07) is 0.464. The number of nitrogens with one attached hydrogen (secondary N) is 2. The second-order valence-electron chi connectivity index (χ2n) is 8.49. The van der Waals surface area contributed by atoms with Crippen LogP contribution in [0.3, 0.4) is 0 Å². The number of carbonyl (C=O) groups excluding carboxylic acids is 1. The number of piperazine rings is 1. The summed E-state index contributed by atoms with van der Waals surface area (Å²) in [4.78, 5) is 24.2. The van der Waals surface area contributed by atoms with E-state index in [2.05, 4.69) is 46.1 Å². The zero-order valence-electron chi connectivity index (χ0n) is 17.9. The molecule has 0 radical (unpaired) electrons. The number of hydrogen-bond acceptors (Lipinski definition) is 4. The van der Waals surface area contributed by atoms with Crippen LogP contribution in [0.5, 0.6) is 0 Å². The van der Waals surface area contributed by atoms with Crippen molar-refractivity contribution in [1.82, 2.24) is 25.3 Å². The van der Waals surface area contributed by atoms with Crippen LogP contribution in [0.2, 0.25) is 0 Å². The van der Waals surface area contributed by atoms with Crippen molar-refractivity contribution in [2.45, 2.75) is 46.1 Å². The first-order valence-electron chi connectivity index (χ1n) is 10.8. The Morgan fingerprint density at radius 2 is 2.00 bits per heavy atom. The molecule has 0 saturated carbocycles. The minimum atomic E-state index is 0. The lowest BCUT2D eigenvalue weighted by Gasteiger charge is -2.41. The standard InChI is InChI=1S/C20H38N6O.HI/c1-4-21-19(22-14-17(3)25-11-9-24(5-2)10-12-25)26-8-6-7-20(16-26)13-18(27)23-15-20;/h17H,4-16H2,1-3H3,(H,21,22)(H,23,27);1H. The Labute approximate surface area is 187 Å². The largest absolute Gasteiger partial charge is 0.357 e. The summed E-state index contributed by atoms with van der Waals surface area (Å²) in [5.74, 6) is 1.23. The van der Waals surface area contributed by atoms with Crippen molar-refractivity contribution < 1.29 is 4.79 Å². The number of aliphatic imine (C=N–C) groups is 1. The van der Waals surface area contributed by atoms with Crippen molar-refractivity contribution in [1.29, 1.82) is 0 Å². The molecule has 2 atom stereocenters. The van der Waals surface area contributed by atoms with E-state index >= 15 is 0 Å². The van der Waals surface area contributed by atoms with Gasteiger partial charge in [-0.1, -0.05) is 6.92 Å². The molecule has 7 nitrogen and oxygen atoms in total. The van der Waals surface area contributed by atoms with Gasteiger partial charge in [-0.05, 0) is 33.2 Å². The van der Waals surface area contributed by atoms with Crippen LogP contribution in [0.15, 0.2) is 4.99 Å². The molecule has 0 aromatic heterocycles. The second kappa shape index (κ2) is 11.0. The number of likely N-dealkylation sites (N-methyl/N-ethyl adjacent to an activating group) is 1. The molecule has 3 rings (SSSR count). The van der Waals surface area contributed by atoms with Gasteiger partial charge >= 0.3 is 0 Å². The average Bonchev–Trinajstić information content (AvgIpc) is 3.04. The molecule has 2 unspecified atom stereocenters. The molecule has 162 valence electrons. The Morgan fingerprint density at radius 1 is 1.25 bits per heavy atom. The highest BCUT2D eigenvalue weighted by molar-refractivity contribution is 14.0. The van der Waals surface area contributed by atoms with E-state index in [1.54, 1.807) is 0 Å². The fourth-order valence-electron chi connectivity index (χ4n) is 4.71. The Kier molecular flexibility index (Phi) is 9.27. The zero-order valence-corrected chi connectivity index (χ0v) is 20.2. The number of guanidine groups is 1. The minimum Gasteiger partial charge on any atom is -0.357 e. The van der Waals surface area contributed by atoms with E-state index in [0.717, 1.165) is 71.2 Å². The van der Waals surface area contributed by atoms with Gasteiger partial charge in [0.15, 0.2) is 5.96 Å². The molecule has 8 heteroatoms. The van der Waals surface area contributed by atoms with Gasteiger partial charge in [-0.25, -0.2) is 0 Å². The van der Waals surface area contributed by atoms with E-state index in [4.69, 9.17) is 4.99 Å². The highest BCUT2D eigenvalue weighted by Gasteiger charge is 2.42. The monoisotopic (exact) mass is 506 g/mol.